The molecule has 1 saturated carbocycles. The van der Waals surface area contributed by atoms with Crippen molar-refractivity contribution in [3.63, 3.8) is 0 Å². The van der Waals surface area contributed by atoms with Crippen molar-refractivity contribution in [2.45, 2.75) is 25.2 Å². The molecule has 2 aromatic rings. The van der Waals surface area contributed by atoms with Gasteiger partial charge in [-0.05, 0) is 31.4 Å². The van der Waals surface area contributed by atoms with Crippen molar-refractivity contribution in [2.75, 3.05) is 26.7 Å². The van der Waals surface area contributed by atoms with Gasteiger partial charge in [-0.3, -0.25) is 9.79 Å². The number of rotatable bonds is 7. The van der Waals surface area contributed by atoms with Gasteiger partial charge in [0.15, 0.2) is 5.96 Å². The van der Waals surface area contributed by atoms with Crippen LogP contribution in [-0.2, 0) is 5.41 Å². The minimum absolute atomic E-state index is 0. The summed E-state index contributed by atoms with van der Waals surface area (Å²) in [5, 5.41) is 9.30. The molecule has 0 aliphatic heterocycles. The van der Waals surface area contributed by atoms with Crippen molar-refractivity contribution in [1.29, 1.82) is 0 Å². The maximum atomic E-state index is 14.1. The summed E-state index contributed by atoms with van der Waals surface area (Å²) >= 11 is 1.33. The molecule has 3 N–H and O–H groups in total. The third-order valence-corrected chi connectivity index (χ3v) is 5.70. The summed E-state index contributed by atoms with van der Waals surface area (Å²) in [5.74, 6) is 0.373. The third-order valence-electron chi connectivity index (χ3n) is 4.77. The lowest BCUT2D eigenvalue weighted by atomic mass is 9.95. The first kappa shape index (κ1) is 22.5. The van der Waals surface area contributed by atoms with E-state index in [0.717, 1.165) is 24.1 Å². The minimum Gasteiger partial charge on any atom is -0.356 e. The average molecular weight is 517 g/mol. The summed E-state index contributed by atoms with van der Waals surface area (Å²) in [4.78, 5) is 21.0. The van der Waals surface area contributed by atoms with Crippen LogP contribution in [0.2, 0.25) is 0 Å². The zero-order valence-electron chi connectivity index (χ0n) is 15.9. The van der Waals surface area contributed by atoms with E-state index >= 15 is 0 Å². The van der Waals surface area contributed by atoms with E-state index in [2.05, 4.69) is 25.9 Å². The summed E-state index contributed by atoms with van der Waals surface area (Å²) in [6.07, 6.45) is 1.92. The van der Waals surface area contributed by atoms with Crippen LogP contribution < -0.4 is 16.0 Å². The fourth-order valence-corrected chi connectivity index (χ4v) is 3.73. The summed E-state index contributed by atoms with van der Waals surface area (Å²) in [6, 6.07) is 6.96. The molecule has 28 heavy (non-hydrogen) atoms. The Morgan fingerprint density at radius 2 is 1.96 bits per heavy atom. The van der Waals surface area contributed by atoms with Crippen molar-refractivity contribution in [3.05, 3.63) is 51.7 Å². The molecule has 152 valence electrons. The number of hydrogen-bond acceptors (Lipinski definition) is 4. The fraction of sp³-hybridized carbons (Fsp3) is 0.421. The van der Waals surface area contributed by atoms with E-state index in [0.29, 0.717) is 30.5 Å². The Balaban J connectivity index is 0.00000280. The summed E-state index contributed by atoms with van der Waals surface area (Å²) in [7, 11) is 1.69. The van der Waals surface area contributed by atoms with Crippen molar-refractivity contribution >= 4 is 47.2 Å². The van der Waals surface area contributed by atoms with Crippen molar-refractivity contribution < 1.29 is 9.18 Å². The number of amides is 1. The number of carbonyl (C=O) groups excluding carboxylic acids is 1. The van der Waals surface area contributed by atoms with E-state index in [1.807, 2.05) is 19.1 Å². The molecule has 1 amide bonds. The van der Waals surface area contributed by atoms with Crippen molar-refractivity contribution in [3.8, 4) is 0 Å². The van der Waals surface area contributed by atoms with Crippen LogP contribution in [0.5, 0.6) is 0 Å². The zero-order valence-corrected chi connectivity index (χ0v) is 19.1. The lowest BCUT2D eigenvalue weighted by Gasteiger charge is -2.19. The third kappa shape index (κ3) is 5.40. The van der Waals surface area contributed by atoms with Crippen LogP contribution in [0.3, 0.4) is 0 Å². The first-order chi connectivity index (χ1) is 13.1. The number of hydrogen-bond donors (Lipinski definition) is 3. The van der Waals surface area contributed by atoms with Crippen LogP contribution >= 0.6 is 35.3 Å². The zero-order chi connectivity index (χ0) is 19.3. The first-order valence-electron chi connectivity index (χ1n) is 8.93. The number of aromatic nitrogens is 1. The molecule has 0 atom stereocenters. The standard InChI is InChI=1S/C19H24FN5OS.HI/c1-13-16(27-12-25-13)17(26)22-9-10-23-18(21-2)24-11-19(7-8-19)14-5-3-4-6-15(14)20;/h3-6,12H,7-11H2,1-2H3,(H,22,26)(H2,21,23,24);1H. The van der Waals surface area contributed by atoms with Crippen LogP contribution in [0, 0.1) is 12.7 Å². The molecule has 1 aromatic heterocycles. The van der Waals surface area contributed by atoms with Crippen LogP contribution in [0.4, 0.5) is 4.39 Å². The highest BCUT2D eigenvalue weighted by atomic mass is 127. The van der Waals surface area contributed by atoms with Gasteiger partial charge in [0.1, 0.15) is 10.7 Å². The number of carbonyl (C=O) groups is 1. The molecule has 1 fully saturated rings. The predicted octanol–water partition coefficient (Wildman–Crippen LogP) is 2.84. The number of benzene rings is 1. The Bertz CT molecular complexity index is 837. The monoisotopic (exact) mass is 517 g/mol. The molecular weight excluding hydrogens is 492 g/mol. The fourth-order valence-electron chi connectivity index (χ4n) is 3.01. The maximum Gasteiger partial charge on any atom is 0.263 e. The van der Waals surface area contributed by atoms with E-state index < -0.39 is 0 Å². The molecule has 0 radical (unpaired) electrons. The second kappa shape index (κ2) is 10.1. The van der Waals surface area contributed by atoms with Gasteiger partial charge < -0.3 is 16.0 Å². The molecule has 1 aliphatic carbocycles. The number of aliphatic imine (C=N–C) groups is 1. The van der Waals surface area contributed by atoms with Gasteiger partial charge in [0, 0.05) is 32.1 Å². The molecule has 0 spiro atoms. The summed E-state index contributed by atoms with van der Waals surface area (Å²) in [5.41, 5.74) is 3.02. The van der Waals surface area contributed by atoms with E-state index in [1.165, 1.54) is 17.4 Å². The molecule has 0 saturated heterocycles. The van der Waals surface area contributed by atoms with Gasteiger partial charge in [0.25, 0.3) is 5.91 Å². The van der Waals surface area contributed by atoms with Gasteiger partial charge >= 0.3 is 0 Å². The lowest BCUT2D eigenvalue weighted by Crippen LogP contribution is -2.44. The molecule has 6 nitrogen and oxygen atoms in total. The van der Waals surface area contributed by atoms with Crippen LogP contribution in [-0.4, -0.2) is 43.5 Å². The van der Waals surface area contributed by atoms with Crippen LogP contribution in [0.1, 0.15) is 33.8 Å². The quantitative estimate of drug-likeness (QED) is 0.229. The molecule has 1 heterocycles. The normalized spacial score (nSPS) is 14.8. The minimum atomic E-state index is -0.152. The number of nitrogens with zero attached hydrogens (tertiary/aromatic N) is 2. The smallest absolute Gasteiger partial charge is 0.263 e. The first-order valence-corrected chi connectivity index (χ1v) is 9.81. The highest BCUT2D eigenvalue weighted by Crippen LogP contribution is 2.48. The van der Waals surface area contributed by atoms with Crippen molar-refractivity contribution in [2.24, 2.45) is 4.99 Å². The number of halogens is 2. The van der Waals surface area contributed by atoms with E-state index in [-0.39, 0.29) is 41.1 Å². The van der Waals surface area contributed by atoms with Crippen LogP contribution in [0.25, 0.3) is 0 Å². The Morgan fingerprint density at radius 1 is 1.25 bits per heavy atom. The van der Waals surface area contributed by atoms with Crippen molar-refractivity contribution in [1.82, 2.24) is 20.9 Å². The number of guanidine groups is 1. The second-order valence-corrected chi connectivity index (χ2v) is 7.49. The summed E-state index contributed by atoms with van der Waals surface area (Å²) in [6.45, 7) is 3.45. The van der Waals surface area contributed by atoms with E-state index in [9.17, 15) is 9.18 Å². The van der Waals surface area contributed by atoms with Gasteiger partial charge in [-0.2, -0.15) is 0 Å². The number of aryl methyl sites for hydroxylation is 1. The molecule has 0 unspecified atom stereocenters. The Labute approximate surface area is 185 Å². The molecule has 0 bridgehead atoms. The Hall–Kier alpha value is -1.75. The largest absolute Gasteiger partial charge is 0.356 e. The highest BCUT2D eigenvalue weighted by Gasteiger charge is 2.45. The lowest BCUT2D eigenvalue weighted by molar-refractivity contribution is 0.0957. The summed E-state index contributed by atoms with van der Waals surface area (Å²) < 4.78 is 14.1. The predicted molar refractivity (Wildman–Crippen MR) is 121 cm³/mol. The number of thiazole rings is 1. The second-order valence-electron chi connectivity index (χ2n) is 6.64. The van der Waals surface area contributed by atoms with Crippen LogP contribution in [0.15, 0.2) is 34.8 Å². The molecular formula is C19H25FIN5OS. The average Bonchev–Trinajstić information content (AvgIpc) is 3.33. The number of nitrogens with one attached hydrogen (secondary N) is 3. The van der Waals surface area contributed by atoms with Gasteiger partial charge in [0.2, 0.25) is 0 Å². The van der Waals surface area contributed by atoms with E-state index in [4.69, 9.17) is 0 Å². The molecule has 1 aliphatic rings. The van der Waals surface area contributed by atoms with Gasteiger partial charge in [0.05, 0.1) is 11.2 Å². The van der Waals surface area contributed by atoms with Gasteiger partial charge in [-0.15, -0.1) is 35.3 Å². The Kier molecular flexibility index (Phi) is 8.17. The highest BCUT2D eigenvalue weighted by molar-refractivity contribution is 14.0. The SMILES string of the molecule is CN=C(NCCNC(=O)c1scnc1C)NCC1(c2ccccc2F)CC1.I. The molecule has 9 heteroatoms. The maximum absolute atomic E-state index is 14.1. The molecule has 1 aromatic carbocycles. The molecule has 3 rings (SSSR count). The van der Waals surface area contributed by atoms with Gasteiger partial charge in [-0.1, -0.05) is 18.2 Å². The van der Waals surface area contributed by atoms with E-state index in [1.54, 1.807) is 18.6 Å². The topological polar surface area (TPSA) is 78.4 Å². The van der Waals surface area contributed by atoms with Gasteiger partial charge in [-0.25, -0.2) is 9.37 Å². The Morgan fingerprint density at radius 3 is 2.57 bits per heavy atom.